The number of halogens is 1. The largest absolute Gasteiger partial charge is 0.399 e. The van der Waals surface area contributed by atoms with Crippen LogP contribution in [-0.2, 0) is 6.54 Å². The lowest BCUT2D eigenvalue weighted by atomic mass is 10.2. The van der Waals surface area contributed by atoms with Crippen LogP contribution in [0.3, 0.4) is 0 Å². The Hall–Kier alpha value is -2.29. The summed E-state index contributed by atoms with van der Waals surface area (Å²) < 4.78 is 15.8. The standard InChI is InChI=1S/C16H15FN2/c1-11-8-13-9-14(18)6-7-16(13)19(11)10-12-4-2-3-5-15(12)17/h2-9H,10,18H2,1H3. The van der Waals surface area contributed by atoms with E-state index in [4.69, 9.17) is 5.73 Å². The molecule has 2 nitrogen and oxygen atoms in total. The van der Waals surface area contributed by atoms with Crippen LogP contribution in [0.5, 0.6) is 0 Å². The highest BCUT2D eigenvalue weighted by atomic mass is 19.1. The van der Waals surface area contributed by atoms with Crippen molar-refractivity contribution in [2.45, 2.75) is 13.5 Å². The summed E-state index contributed by atoms with van der Waals surface area (Å²) in [6.45, 7) is 2.56. The highest BCUT2D eigenvalue weighted by molar-refractivity contribution is 5.84. The molecular weight excluding hydrogens is 239 g/mol. The van der Waals surface area contributed by atoms with Crippen LogP contribution in [0.2, 0.25) is 0 Å². The predicted molar refractivity (Wildman–Crippen MR) is 76.6 cm³/mol. The minimum absolute atomic E-state index is 0.167. The van der Waals surface area contributed by atoms with Crippen molar-refractivity contribution in [2.75, 3.05) is 5.73 Å². The Morgan fingerprint density at radius 1 is 1.11 bits per heavy atom. The third-order valence-corrected chi connectivity index (χ3v) is 3.42. The molecule has 0 saturated carbocycles. The van der Waals surface area contributed by atoms with Crippen molar-refractivity contribution in [3.8, 4) is 0 Å². The number of nitrogen functional groups attached to an aromatic ring is 1. The van der Waals surface area contributed by atoms with Gasteiger partial charge < -0.3 is 10.3 Å². The van der Waals surface area contributed by atoms with Crippen LogP contribution in [0.25, 0.3) is 10.9 Å². The summed E-state index contributed by atoms with van der Waals surface area (Å²) in [7, 11) is 0. The molecule has 96 valence electrons. The first-order valence-corrected chi connectivity index (χ1v) is 6.24. The molecule has 0 atom stereocenters. The molecule has 3 heteroatoms. The molecule has 0 aliphatic rings. The molecule has 0 unspecified atom stereocenters. The van der Waals surface area contributed by atoms with Gasteiger partial charge in [-0.1, -0.05) is 18.2 Å². The fourth-order valence-electron chi connectivity index (χ4n) is 2.43. The highest BCUT2D eigenvalue weighted by Gasteiger charge is 2.08. The first kappa shape index (κ1) is 11.8. The Bertz CT molecular complexity index is 744. The number of nitrogens with zero attached hydrogens (tertiary/aromatic N) is 1. The number of anilines is 1. The lowest BCUT2D eigenvalue weighted by molar-refractivity contribution is 0.600. The van der Waals surface area contributed by atoms with Crippen LogP contribution in [0, 0.1) is 12.7 Å². The second-order valence-electron chi connectivity index (χ2n) is 4.78. The zero-order chi connectivity index (χ0) is 13.4. The van der Waals surface area contributed by atoms with E-state index in [0.29, 0.717) is 12.1 Å². The molecule has 0 aliphatic heterocycles. The summed E-state index contributed by atoms with van der Waals surface area (Å²) in [5, 5.41) is 1.09. The maximum absolute atomic E-state index is 13.7. The lowest BCUT2D eigenvalue weighted by Crippen LogP contribution is -2.03. The van der Waals surface area contributed by atoms with Gasteiger partial charge in [0, 0.05) is 27.8 Å². The van der Waals surface area contributed by atoms with Crippen molar-refractivity contribution in [3.05, 3.63) is 65.6 Å². The Balaban J connectivity index is 2.10. The van der Waals surface area contributed by atoms with E-state index in [9.17, 15) is 4.39 Å². The highest BCUT2D eigenvalue weighted by Crippen LogP contribution is 2.23. The molecule has 2 aromatic carbocycles. The van der Waals surface area contributed by atoms with Crippen LogP contribution >= 0.6 is 0 Å². The summed E-state index contributed by atoms with van der Waals surface area (Å²) in [6.07, 6.45) is 0. The summed E-state index contributed by atoms with van der Waals surface area (Å²) in [4.78, 5) is 0. The number of hydrogen-bond donors (Lipinski definition) is 1. The van der Waals surface area contributed by atoms with E-state index < -0.39 is 0 Å². The number of aromatic nitrogens is 1. The van der Waals surface area contributed by atoms with Crippen molar-refractivity contribution >= 4 is 16.6 Å². The van der Waals surface area contributed by atoms with Crippen LogP contribution in [-0.4, -0.2) is 4.57 Å². The Labute approximate surface area is 111 Å². The zero-order valence-electron chi connectivity index (χ0n) is 10.7. The molecular formula is C16H15FN2. The van der Waals surface area contributed by atoms with Gasteiger partial charge in [0.1, 0.15) is 5.82 Å². The topological polar surface area (TPSA) is 30.9 Å². The second kappa shape index (κ2) is 4.43. The molecule has 0 bridgehead atoms. The minimum atomic E-state index is -0.167. The van der Waals surface area contributed by atoms with Gasteiger partial charge in [-0.25, -0.2) is 4.39 Å². The van der Waals surface area contributed by atoms with Crippen molar-refractivity contribution < 1.29 is 4.39 Å². The molecule has 1 aromatic heterocycles. The number of nitrogens with two attached hydrogens (primary N) is 1. The summed E-state index contributed by atoms with van der Waals surface area (Å²) in [5.41, 5.74) is 9.41. The fourth-order valence-corrected chi connectivity index (χ4v) is 2.43. The van der Waals surface area contributed by atoms with Crippen LogP contribution in [0.4, 0.5) is 10.1 Å². The number of aryl methyl sites for hydroxylation is 1. The van der Waals surface area contributed by atoms with E-state index in [-0.39, 0.29) is 5.82 Å². The SMILES string of the molecule is Cc1cc2cc(N)ccc2n1Cc1ccccc1F. The molecule has 19 heavy (non-hydrogen) atoms. The molecule has 0 spiro atoms. The van der Waals surface area contributed by atoms with Crippen molar-refractivity contribution in [3.63, 3.8) is 0 Å². The first-order valence-electron chi connectivity index (χ1n) is 6.24. The third-order valence-electron chi connectivity index (χ3n) is 3.42. The Morgan fingerprint density at radius 3 is 2.68 bits per heavy atom. The molecule has 0 radical (unpaired) electrons. The second-order valence-corrected chi connectivity index (χ2v) is 4.78. The van der Waals surface area contributed by atoms with Gasteiger partial charge in [-0.05, 0) is 37.3 Å². The van der Waals surface area contributed by atoms with E-state index in [1.165, 1.54) is 6.07 Å². The minimum Gasteiger partial charge on any atom is -0.399 e. The van der Waals surface area contributed by atoms with Gasteiger partial charge in [-0.3, -0.25) is 0 Å². The summed E-state index contributed by atoms with van der Waals surface area (Å²) in [5.74, 6) is -0.167. The van der Waals surface area contributed by atoms with Gasteiger partial charge in [0.25, 0.3) is 0 Å². The maximum Gasteiger partial charge on any atom is 0.128 e. The molecule has 3 rings (SSSR count). The monoisotopic (exact) mass is 254 g/mol. The molecule has 2 N–H and O–H groups in total. The van der Waals surface area contributed by atoms with E-state index in [1.54, 1.807) is 6.07 Å². The van der Waals surface area contributed by atoms with Crippen molar-refractivity contribution in [1.29, 1.82) is 0 Å². The summed E-state index contributed by atoms with van der Waals surface area (Å²) in [6, 6.07) is 14.8. The van der Waals surface area contributed by atoms with Crippen LogP contribution in [0.15, 0.2) is 48.5 Å². The molecule has 0 fully saturated rings. The number of rotatable bonds is 2. The van der Waals surface area contributed by atoms with Crippen molar-refractivity contribution in [2.24, 2.45) is 0 Å². The normalized spacial score (nSPS) is 11.1. The van der Waals surface area contributed by atoms with Crippen molar-refractivity contribution in [1.82, 2.24) is 4.57 Å². The van der Waals surface area contributed by atoms with E-state index in [1.807, 2.05) is 37.3 Å². The van der Waals surface area contributed by atoms with Crippen LogP contribution in [0.1, 0.15) is 11.3 Å². The number of benzene rings is 2. The molecule has 0 saturated heterocycles. The molecule has 0 amide bonds. The Kier molecular flexibility index (Phi) is 2.75. The zero-order valence-corrected chi connectivity index (χ0v) is 10.7. The number of fused-ring (bicyclic) bond motifs is 1. The van der Waals surface area contributed by atoms with E-state index in [2.05, 4.69) is 10.6 Å². The first-order chi connectivity index (χ1) is 9.15. The average Bonchev–Trinajstić information content (AvgIpc) is 2.68. The molecule has 3 aromatic rings. The van der Waals surface area contributed by atoms with Gasteiger partial charge in [-0.2, -0.15) is 0 Å². The van der Waals surface area contributed by atoms with Gasteiger partial charge in [-0.15, -0.1) is 0 Å². The van der Waals surface area contributed by atoms with E-state index in [0.717, 1.165) is 22.3 Å². The van der Waals surface area contributed by atoms with Gasteiger partial charge in [0.2, 0.25) is 0 Å². The molecule has 0 aliphatic carbocycles. The van der Waals surface area contributed by atoms with Gasteiger partial charge in [0.05, 0.1) is 6.54 Å². The number of hydrogen-bond acceptors (Lipinski definition) is 1. The Morgan fingerprint density at radius 2 is 1.89 bits per heavy atom. The van der Waals surface area contributed by atoms with Gasteiger partial charge in [0.15, 0.2) is 0 Å². The predicted octanol–water partition coefficient (Wildman–Crippen LogP) is 3.72. The fraction of sp³-hybridized carbons (Fsp3) is 0.125. The average molecular weight is 254 g/mol. The van der Waals surface area contributed by atoms with Crippen LogP contribution < -0.4 is 5.73 Å². The smallest absolute Gasteiger partial charge is 0.128 e. The molecule has 1 heterocycles. The maximum atomic E-state index is 13.7. The quantitative estimate of drug-likeness (QED) is 0.694. The lowest BCUT2D eigenvalue weighted by Gasteiger charge is -2.09. The van der Waals surface area contributed by atoms with E-state index >= 15 is 0 Å². The third kappa shape index (κ3) is 2.08. The summed E-state index contributed by atoms with van der Waals surface area (Å²) >= 11 is 0. The van der Waals surface area contributed by atoms with Gasteiger partial charge >= 0.3 is 0 Å².